The summed E-state index contributed by atoms with van der Waals surface area (Å²) in [7, 11) is 0. The number of fused-ring (bicyclic) bond motifs is 2. The Kier molecular flexibility index (Phi) is 4.41. The Morgan fingerprint density at radius 3 is 2.07 bits per heavy atom. The van der Waals surface area contributed by atoms with Gasteiger partial charge >= 0.3 is 186 Å². The Hall–Kier alpha value is -0.149. The molecular weight excluding hydrogens is 414 g/mol. The number of nitrogens with one attached hydrogen (secondary N) is 1. The number of rotatable bonds is 3. The molecule has 1 aromatic carbocycles. The van der Waals surface area contributed by atoms with Crippen LogP contribution in [-0.2, 0) is 27.1 Å². The van der Waals surface area contributed by atoms with Gasteiger partial charge in [0.1, 0.15) is 0 Å². The van der Waals surface area contributed by atoms with Crippen molar-refractivity contribution < 1.29 is 14.3 Å². The Labute approximate surface area is 185 Å². The summed E-state index contributed by atoms with van der Waals surface area (Å²) < 4.78 is 5.50. The van der Waals surface area contributed by atoms with Crippen LogP contribution in [0.3, 0.4) is 0 Å². The molecule has 0 aliphatic heterocycles. The van der Waals surface area contributed by atoms with Gasteiger partial charge in [-0.1, -0.05) is 0 Å². The molecule has 1 aromatic rings. The Balaban J connectivity index is 1.47. The number of hydrogen-bond donors (Lipinski definition) is 1. The number of allylic oxidation sites excluding steroid dienone is 1. The molecule has 7 rings (SSSR count). The molecule has 4 bridgehead atoms. The van der Waals surface area contributed by atoms with E-state index in [1.807, 2.05) is 0 Å². The molecule has 1 nitrogen and oxygen atoms in total. The predicted octanol–water partition coefficient (Wildman–Crippen LogP) is 7.14. The molecule has 30 heavy (non-hydrogen) atoms. The average molecular weight is 456 g/mol. The van der Waals surface area contributed by atoms with Gasteiger partial charge in [-0.25, -0.2) is 0 Å². The van der Waals surface area contributed by atoms with Crippen LogP contribution < -0.4 is 3.80 Å². The second-order valence-corrected chi connectivity index (χ2v) is 35.3. The van der Waals surface area contributed by atoms with Gasteiger partial charge in [-0.2, -0.15) is 0 Å². The van der Waals surface area contributed by atoms with Crippen LogP contribution in [-0.4, -0.2) is 11.7 Å². The molecule has 162 valence electrons. The first-order valence-corrected chi connectivity index (χ1v) is 22.4. The van der Waals surface area contributed by atoms with E-state index in [1.54, 1.807) is 47.1 Å². The molecule has 0 heterocycles. The first-order valence-electron chi connectivity index (χ1n) is 12.8. The third-order valence-corrected chi connectivity index (χ3v) is 35.7. The van der Waals surface area contributed by atoms with Crippen molar-refractivity contribution in [3.63, 3.8) is 0 Å². The van der Waals surface area contributed by atoms with Crippen molar-refractivity contribution in [3.8, 4) is 0 Å². The standard InChI is InChI=1S/C13H13.C10H16N.C2H6Si.2CH3.Ti/c1-9-5-12-7-10-3-2-4-11(10)8-13(12)6-9;11-10-4-7-1-8(5-10)3-9(2-7)6-10;1-3-2;;;/h5-8H,2-4H2,1H3;7-9,11H,1-6H2;1-2H3;2*1H3;/q;-1;;;;+1. The predicted molar refractivity (Wildman–Crippen MR) is 128 cm³/mol. The van der Waals surface area contributed by atoms with Crippen LogP contribution >= 0.6 is 0 Å². The van der Waals surface area contributed by atoms with Gasteiger partial charge < -0.3 is 0 Å². The van der Waals surface area contributed by atoms with Crippen molar-refractivity contribution in [1.29, 1.82) is 0 Å². The van der Waals surface area contributed by atoms with Crippen LogP contribution in [0.2, 0.25) is 23.6 Å². The van der Waals surface area contributed by atoms with Crippen molar-refractivity contribution >= 4 is 12.3 Å². The number of aryl methyl sites for hydroxylation is 2. The maximum atomic E-state index is 4.79. The molecule has 0 radical (unpaired) electrons. The quantitative estimate of drug-likeness (QED) is 0.478. The Morgan fingerprint density at radius 1 is 0.933 bits per heavy atom. The fraction of sp³-hybridized carbons (Fsp3) is 0.704. The van der Waals surface area contributed by atoms with Gasteiger partial charge in [-0.05, 0) is 0 Å². The summed E-state index contributed by atoms with van der Waals surface area (Å²) in [5.41, 5.74) is 8.78. The van der Waals surface area contributed by atoms with E-state index in [-0.39, 0.29) is 0 Å². The van der Waals surface area contributed by atoms with E-state index in [1.165, 1.54) is 38.5 Å². The van der Waals surface area contributed by atoms with Gasteiger partial charge in [-0.15, -0.1) is 0 Å². The van der Waals surface area contributed by atoms with E-state index in [0.29, 0.717) is 9.76 Å². The van der Waals surface area contributed by atoms with Gasteiger partial charge in [0.05, 0.1) is 0 Å². The van der Waals surface area contributed by atoms with Gasteiger partial charge in [-0.3, -0.25) is 0 Å². The monoisotopic (exact) mass is 455 g/mol. The maximum absolute atomic E-state index is 4.79. The number of benzene rings is 1. The van der Waals surface area contributed by atoms with Crippen molar-refractivity contribution in [3.05, 3.63) is 40.0 Å². The molecule has 4 fully saturated rings. The van der Waals surface area contributed by atoms with Crippen LogP contribution in [0.25, 0.3) is 6.08 Å². The molecule has 3 heteroatoms. The minimum absolute atomic E-state index is 0.443. The van der Waals surface area contributed by atoms with E-state index in [4.69, 9.17) is 3.80 Å². The van der Waals surface area contributed by atoms with E-state index in [2.05, 4.69) is 48.7 Å². The summed E-state index contributed by atoms with van der Waals surface area (Å²) in [5.74, 6) is 3.08. The molecule has 0 aromatic heterocycles. The normalized spacial score (nSPS) is 36.7. The molecule has 1 atom stereocenters. The molecule has 6 aliphatic carbocycles. The van der Waals surface area contributed by atoms with Crippen LogP contribution in [0, 0.1) is 17.8 Å². The van der Waals surface area contributed by atoms with E-state index >= 15 is 0 Å². The Bertz CT molecular complexity index is 1000. The van der Waals surface area contributed by atoms with Crippen molar-refractivity contribution in [1.82, 2.24) is 3.80 Å². The zero-order chi connectivity index (χ0) is 20.9. The number of hydrogen-bond acceptors (Lipinski definition) is 1. The first-order chi connectivity index (χ1) is 14.1. The van der Waals surface area contributed by atoms with E-state index < -0.39 is 20.5 Å². The Morgan fingerprint density at radius 2 is 1.50 bits per heavy atom. The third-order valence-electron chi connectivity index (χ3n) is 10.5. The van der Waals surface area contributed by atoms with Gasteiger partial charge in [0.15, 0.2) is 0 Å². The van der Waals surface area contributed by atoms with Gasteiger partial charge in [0.2, 0.25) is 0 Å². The molecule has 0 saturated heterocycles. The topological polar surface area (TPSA) is 12.0 Å². The summed E-state index contributed by atoms with van der Waals surface area (Å²) in [6.07, 6.45) is 15.2. The molecule has 1 N–H and O–H groups in total. The minimum atomic E-state index is -3.04. The average Bonchev–Trinajstić information content (AvgIpc) is 3.20. The van der Waals surface area contributed by atoms with Crippen LogP contribution in [0.1, 0.15) is 78.3 Å². The molecule has 0 amide bonds. The second-order valence-electron chi connectivity index (χ2n) is 13.2. The van der Waals surface area contributed by atoms with Crippen molar-refractivity contribution in [2.45, 2.75) is 98.0 Å². The zero-order valence-electron chi connectivity index (χ0n) is 19.9. The van der Waals surface area contributed by atoms with Crippen molar-refractivity contribution in [2.24, 2.45) is 17.8 Å². The van der Waals surface area contributed by atoms with Crippen LogP contribution in [0.5, 0.6) is 0 Å². The SMILES string of the molecule is CC1=Cc2cc3c(cc2[CH]1[Ti]([CH3])([CH3])([NH]C12CC4CC(CC(C4)C1)C2)=[Si](C)C)CCC3. The van der Waals surface area contributed by atoms with Gasteiger partial charge in [0, 0.05) is 0 Å². The van der Waals surface area contributed by atoms with E-state index in [9.17, 15) is 0 Å². The summed E-state index contributed by atoms with van der Waals surface area (Å²) in [6, 6.07) is 5.26. The molecule has 0 spiro atoms. The summed E-state index contributed by atoms with van der Waals surface area (Å²) in [4.78, 5) is 0. The van der Waals surface area contributed by atoms with Crippen LogP contribution in [0.4, 0.5) is 0 Å². The third kappa shape index (κ3) is 2.86. The molecule has 1 unspecified atom stereocenters. The molecular formula is C27H41NSiTi. The molecule has 4 saturated carbocycles. The van der Waals surface area contributed by atoms with Crippen molar-refractivity contribution in [2.75, 3.05) is 0 Å². The zero-order valence-corrected chi connectivity index (χ0v) is 22.5. The second kappa shape index (κ2) is 6.46. The fourth-order valence-electron chi connectivity index (χ4n) is 9.33. The van der Waals surface area contributed by atoms with Crippen LogP contribution in [0.15, 0.2) is 17.7 Å². The first kappa shape index (κ1) is 20.5. The summed E-state index contributed by atoms with van der Waals surface area (Å²) >= 11 is -3.04. The summed E-state index contributed by atoms with van der Waals surface area (Å²) in [5, 5.41) is 5.66. The summed E-state index contributed by atoms with van der Waals surface area (Å²) in [6.45, 7) is 7.79. The van der Waals surface area contributed by atoms with Gasteiger partial charge in [0.25, 0.3) is 0 Å². The van der Waals surface area contributed by atoms with E-state index in [0.717, 1.165) is 17.8 Å². The molecule has 6 aliphatic rings. The fourth-order valence-corrected chi connectivity index (χ4v) is 24.1.